The van der Waals surface area contributed by atoms with E-state index < -0.39 is 16.0 Å². The molecule has 1 heterocycles. The summed E-state index contributed by atoms with van der Waals surface area (Å²) in [6.45, 7) is 6.31. The number of hydrogen-bond donors (Lipinski definition) is 1. The number of benzene rings is 1. The Balaban J connectivity index is 2.21. The summed E-state index contributed by atoms with van der Waals surface area (Å²) >= 11 is 0. The van der Waals surface area contributed by atoms with Crippen molar-refractivity contribution in [3.63, 3.8) is 0 Å². The van der Waals surface area contributed by atoms with Gasteiger partial charge in [-0.25, -0.2) is 0 Å². The van der Waals surface area contributed by atoms with Crippen LogP contribution in [0.3, 0.4) is 0 Å². The van der Waals surface area contributed by atoms with Crippen LogP contribution in [0.4, 0.5) is 5.69 Å². The van der Waals surface area contributed by atoms with Gasteiger partial charge in [-0.1, -0.05) is 32.9 Å². The second kappa shape index (κ2) is 6.27. The van der Waals surface area contributed by atoms with E-state index in [9.17, 15) is 13.2 Å². The first kappa shape index (κ1) is 18.0. The van der Waals surface area contributed by atoms with Crippen LogP contribution in [-0.4, -0.2) is 30.4 Å². The van der Waals surface area contributed by atoms with E-state index in [0.717, 1.165) is 11.8 Å². The average molecular weight is 351 g/mol. The van der Waals surface area contributed by atoms with E-state index in [1.807, 2.05) is 12.1 Å². The summed E-state index contributed by atoms with van der Waals surface area (Å²) in [4.78, 5) is 12.4. The molecule has 0 atom stereocenters. The number of aromatic nitrogens is 2. The van der Waals surface area contributed by atoms with Crippen molar-refractivity contribution in [3.05, 3.63) is 41.6 Å². The van der Waals surface area contributed by atoms with Crippen LogP contribution in [0, 0.1) is 0 Å². The van der Waals surface area contributed by atoms with Crippen LogP contribution < -0.4 is 9.50 Å². The van der Waals surface area contributed by atoms with Crippen LogP contribution in [-0.2, 0) is 22.6 Å². The van der Waals surface area contributed by atoms with Crippen LogP contribution in [0.25, 0.3) is 0 Å². The third-order valence-electron chi connectivity index (χ3n) is 3.28. The molecule has 8 heteroatoms. The van der Waals surface area contributed by atoms with Gasteiger partial charge in [0.25, 0.3) is 11.8 Å². The van der Waals surface area contributed by atoms with Gasteiger partial charge in [-0.05, 0) is 23.1 Å². The van der Waals surface area contributed by atoms with Gasteiger partial charge in [0.15, 0.2) is 0 Å². The molecule has 1 aromatic heterocycles. The van der Waals surface area contributed by atoms with E-state index >= 15 is 0 Å². The van der Waals surface area contributed by atoms with Gasteiger partial charge in [-0.15, -0.1) is 5.10 Å². The van der Waals surface area contributed by atoms with E-state index in [1.165, 1.54) is 10.9 Å². The third kappa shape index (κ3) is 4.58. The van der Waals surface area contributed by atoms with E-state index in [4.69, 9.17) is 4.18 Å². The Morgan fingerprint density at radius 1 is 1.21 bits per heavy atom. The van der Waals surface area contributed by atoms with Crippen molar-refractivity contribution in [3.8, 4) is 5.88 Å². The molecule has 0 unspecified atom stereocenters. The Labute approximate surface area is 141 Å². The minimum absolute atomic E-state index is 0.0163. The summed E-state index contributed by atoms with van der Waals surface area (Å²) in [6, 6.07) is 7.47. The molecule has 0 radical (unpaired) electrons. The van der Waals surface area contributed by atoms with Gasteiger partial charge < -0.3 is 9.50 Å². The maximum atomic E-state index is 12.4. The molecule has 0 aliphatic heterocycles. The van der Waals surface area contributed by atoms with Crippen molar-refractivity contribution in [2.75, 3.05) is 11.6 Å². The Kier molecular flexibility index (Phi) is 4.70. The lowest BCUT2D eigenvalue weighted by Gasteiger charge is -2.19. The number of nitrogens with zero attached hydrogens (tertiary/aromatic N) is 2. The molecule has 130 valence electrons. The molecule has 0 fully saturated rings. The van der Waals surface area contributed by atoms with Gasteiger partial charge in [0, 0.05) is 18.9 Å². The number of carbonyl (C=O) groups is 1. The number of anilines is 1. The molecule has 24 heavy (non-hydrogen) atoms. The lowest BCUT2D eigenvalue weighted by atomic mass is 9.87. The third-order valence-corrected chi connectivity index (χ3v) is 3.74. The van der Waals surface area contributed by atoms with Crippen molar-refractivity contribution in [2.24, 2.45) is 7.05 Å². The van der Waals surface area contributed by atoms with Gasteiger partial charge in [0.1, 0.15) is 5.56 Å². The number of nitrogens with one attached hydrogen (secondary N) is 1. The topological polar surface area (TPSA) is 90.3 Å². The van der Waals surface area contributed by atoms with Crippen LogP contribution in [0.1, 0.15) is 36.7 Å². The maximum Gasteiger partial charge on any atom is 0.307 e. The Hall–Kier alpha value is -2.35. The Morgan fingerprint density at radius 3 is 2.29 bits per heavy atom. The number of carbonyl (C=O) groups excluding carboxylic acids is 1. The molecular weight excluding hydrogens is 330 g/mol. The monoisotopic (exact) mass is 351 g/mol. The van der Waals surface area contributed by atoms with Gasteiger partial charge in [0.2, 0.25) is 0 Å². The first-order valence-electron chi connectivity index (χ1n) is 7.31. The molecule has 0 spiro atoms. The quantitative estimate of drug-likeness (QED) is 0.854. The van der Waals surface area contributed by atoms with E-state index in [0.29, 0.717) is 5.69 Å². The Bertz CT molecular complexity index is 846. The zero-order valence-electron chi connectivity index (χ0n) is 14.3. The second-order valence-corrected chi connectivity index (χ2v) is 8.17. The van der Waals surface area contributed by atoms with Crippen LogP contribution in [0.15, 0.2) is 30.5 Å². The van der Waals surface area contributed by atoms with Crippen LogP contribution >= 0.6 is 0 Å². The second-order valence-electron chi connectivity index (χ2n) is 6.59. The predicted molar refractivity (Wildman–Crippen MR) is 91.8 cm³/mol. The molecule has 2 aromatic rings. The summed E-state index contributed by atoms with van der Waals surface area (Å²) in [5, 5.41) is 6.57. The van der Waals surface area contributed by atoms with Gasteiger partial charge in [-0.3, -0.25) is 9.48 Å². The zero-order chi connectivity index (χ0) is 18.1. The predicted octanol–water partition coefficient (Wildman–Crippen LogP) is 2.31. The van der Waals surface area contributed by atoms with Crippen LogP contribution in [0.5, 0.6) is 5.88 Å². The number of amides is 1. The fourth-order valence-electron chi connectivity index (χ4n) is 2.08. The van der Waals surface area contributed by atoms with Crippen molar-refractivity contribution in [1.82, 2.24) is 9.78 Å². The highest BCUT2D eigenvalue weighted by Crippen LogP contribution is 2.24. The first-order valence-corrected chi connectivity index (χ1v) is 9.12. The molecule has 1 N–H and O–H groups in total. The van der Waals surface area contributed by atoms with Gasteiger partial charge in [-0.2, -0.15) is 8.42 Å². The lowest BCUT2D eigenvalue weighted by Crippen LogP contribution is -2.15. The summed E-state index contributed by atoms with van der Waals surface area (Å²) in [7, 11) is -2.20. The van der Waals surface area contributed by atoms with Crippen molar-refractivity contribution in [1.29, 1.82) is 0 Å². The molecule has 0 saturated heterocycles. The molecule has 0 aliphatic carbocycles. The minimum Gasteiger partial charge on any atom is -0.359 e. The SMILES string of the molecule is Cn1cc(C(=O)Nc2ccc(C(C)(C)C)cc2)c(OS(C)(=O)=O)n1. The van der Waals surface area contributed by atoms with Gasteiger partial charge in [0.05, 0.1) is 6.26 Å². The normalized spacial score (nSPS) is 12.0. The molecule has 0 aliphatic rings. The van der Waals surface area contributed by atoms with Crippen molar-refractivity contribution < 1.29 is 17.4 Å². The fourth-order valence-corrected chi connectivity index (χ4v) is 2.49. The highest BCUT2D eigenvalue weighted by atomic mass is 32.2. The Morgan fingerprint density at radius 2 is 1.79 bits per heavy atom. The number of aryl methyl sites for hydroxylation is 1. The van der Waals surface area contributed by atoms with E-state index in [2.05, 4.69) is 31.2 Å². The van der Waals surface area contributed by atoms with Crippen molar-refractivity contribution >= 4 is 21.7 Å². The summed E-state index contributed by atoms with van der Waals surface area (Å²) in [6.07, 6.45) is 2.30. The smallest absolute Gasteiger partial charge is 0.307 e. The first-order chi connectivity index (χ1) is 11.0. The van der Waals surface area contributed by atoms with Gasteiger partial charge >= 0.3 is 10.1 Å². The fraction of sp³-hybridized carbons (Fsp3) is 0.375. The largest absolute Gasteiger partial charge is 0.359 e. The molecule has 2 rings (SSSR count). The molecule has 0 saturated carbocycles. The molecule has 7 nitrogen and oxygen atoms in total. The number of hydrogen-bond acceptors (Lipinski definition) is 5. The zero-order valence-corrected chi connectivity index (χ0v) is 15.1. The molecule has 0 bridgehead atoms. The average Bonchev–Trinajstić information content (AvgIpc) is 2.77. The standard InChI is InChI=1S/C16H21N3O4S/c1-16(2,3)11-6-8-12(9-7-11)17-14(20)13-10-19(4)18-15(13)23-24(5,21)22/h6-10H,1-5H3,(H,17,20). The summed E-state index contributed by atoms with van der Waals surface area (Å²) in [5.74, 6) is -0.742. The highest BCUT2D eigenvalue weighted by Gasteiger charge is 2.21. The summed E-state index contributed by atoms with van der Waals surface area (Å²) < 4.78 is 28.6. The molecular formula is C16H21N3O4S. The summed E-state index contributed by atoms with van der Waals surface area (Å²) in [5.41, 5.74) is 1.80. The van der Waals surface area contributed by atoms with Crippen LogP contribution in [0.2, 0.25) is 0 Å². The number of rotatable bonds is 4. The van der Waals surface area contributed by atoms with E-state index in [-0.39, 0.29) is 16.9 Å². The maximum absolute atomic E-state index is 12.4. The molecule has 1 aromatic carbocycles. The highest BCUT2D eigenvalue weighted by molar-refractivity contribution is 7.86. The van der Waals surface area contributed by atoms with Crippen molar-refractivity contribution in [2.45, 2.75) is 26.2 Å². The lowest BCUT2D eigenvalue weighted by molar-refractivity contribution is 0.102. The molecule has 1 amide bonds. The van der Waals surface area contributed by atoms with E-state index in [1.54, 1.807) is 19.2 Å². The minimum atomic E-state index is -3.77.